The van der Waals surface area contributed by atoms with Gasteiger partial charge in [0, 0.05) is 18.1 Å². The largest absolute Gasteiger partial charge is 0.419 e. The van der Waals surface area contributed by atoms with Gasteiger partial charge in [-0.05, 0) is 18.2 Å². The van der Waals surface area contributed by atoms with Gasteiger partial charge in [-0.25, -0.2) is 14.4 Å². The monoisotopic (exact) mass is 304 g/mol. The molecule has 0 atom stereocenters. The van der Waals surface area contributed by atoms with Crippen LogP contribution < -0.4 is 0 Å². The molecule has 1 aromatic carbocycles. The van der Waals surface area contributed by atoms with Crippen LogP contribution in [0.4, 0.5) is 17.6 Å². The Balaban J connectivity index is 2.56. The summed E-state index contributed by atoms with van der Waals surface area (Å²) in [6.45, 7) is 1.79. The molecule has 0 unspecified atom stereocenters. The first-order valence-corrected chi connectivity index (χ1v) is 6.09. The number of aryl methyl sites for hydroxylation is 1. The molecule has 2 aromatic rings. The first-order chi connectivity index (χ1) is 9.31. The molecule has 0 bridgehead atoms. The van der Waals surface area contributed by atoms with Crippen molar-refractivity contribution in [3.63, 3.8) is 0 Å². The highest BCUT2D eigenvalue weighted by Gasteiger charge is 2.34. The van der Waals surface area contributed by atoms with Crippen LogP contribution in [0.25, 0.3) is 11.3 Å². The maximum atomic E-state index is 13.2. The second-order valence-electron chi connectivity index (χ2n) is 4.04. The van der Waals surface area contributed by atoms with E-state index in [4.69, 9.17) is 11.6 Å². The topological polar surface area (TPSA) is 25.8 Å². The number of aromatic nitrogens is 2. The van der Waals surface area contributed by atoms with E-state index in [1.54, 1.807) is 6.92 Å². The highest BCUT2D eigenvalue weighted by molar-refractivity contribution is 6.29. The van der Waals surface area contributed by atoms with Crippen molar-refractivity contribution in [2.45, 2.75) is 19.5 Å². The normalized spacial score (nSPS) is 11.7. The molecule has 0 fully saturated rings. The van der Waals surface area contributed by atoms with Gasteiger partial charge < -0.3 is 0 Å². The molecular formula is C13H9ClF4N2. The summed E-state index contributed by atoms with van der Waals surface area (Å²) >= 11 is 5.79. The Hall–Kier alpha value is -1.69. The molecule has 0 saturated carbocycles. The van der Waals surface area contributed by atoms with Crippen molar-refractivity contribution < 1.29 is 17.6 Å². The molecule has 1 aromatic heterocycles. The molecule has 7 heteroatoms. The lowest BCUT2D eigenvalue weighted by Crippen LogP contribution is -2.08. The maximum Gasteiger partial charge on any atom is 0.419 e. The second kappa shape index (κ2) is 5.36. The van der Waals surface area contributed by atoms with E-state index in [9.17, 15) is 17.6 Å². The Morgan fingerprint density at radius 1 is 1.15 bits per heavy atom. The molecule has 106 valence electrons. The smallest absolute Gasteiger partial charge is 0.233 e. The fourth-order valence-electron chi connectivity index (χ4n) is 1.67. The Bertz CT molecular complexity index is 641. The SMILES string of the molecule is CCc1nc(Cl)cc(-c2ccc(F)c(C(F)(F)F)c2)n1. The molecule has 20 heavy (non-hydrogen) atoms. The number of hydrogen-bond acceptors (Lipinski definition) is 2. The lowest BCUT2D eigenvalue weighted by molar-refractivity contribution is -0.139. The van der Waals surface area contributed by atoms with Crippen LogP contribution in [0.5, 0.6) is 0 Å². The average Bonchev–Trinajstić information content (AvgIpc) is 2.37. The van der Waals surface area contributed by atoms with E-state index < -0.39 is 17.6 Å². The van der Waals surface area contributed by atoms with E-state index in [0.29, 0.717) is 18.3 Å². The van der Waals surface area contributed by atoms with Gasteiger partial charge in [-0.15, -0.1) is 0 Å². The molecule has 0 amide bonds. The minimum absolute atomic E-state index is 0.129. The molecule has 0 spiro atoms. The molecule has 2 nitrogen and oxygen atoms in total. The van der Waals surface area contributed by atoms with Gasteiger partial charge >= 0.3 is 6.18 Å². The lowest BCUT2D eigenvalue weighted by Gasteiger charge is -2.10. The molecule has 0 aliphatic heterocycles. The van der Waals surface area contributed by atoms with Crippen molar-refractivity contribution in [1.29, 1.82) is 0 Å². The molecule has 1 heterocycles. The van der Waals surface area contributed by atoms with Crippen molar-refractivity contribution in [2.24, 2.45) is 0 Å². The van der Waals surface area contributed by atoms with Crippen LogP contribution in [0.3, 0.4) is 0 Å². The quantitative estimate of drug-likeness (QED) is 0.602. The number of benzene rings is 1. The van der Waals surface area contributed by atoms with Crippen molar-refractivity contribution in [2.75, 3.05) is 0 Å². The first kappa shape index (κ1) is 14.7. The van der Waals surface area contributed by atoms with Crippen LogP contribution in [0.15, 0.2) is 24.3 Å². The maximum absolute atomic E-state index is 13.2. The van der Waals surface area contributed by atoms with Gasteiger partial charge in [-0.3, -0.25) is 0 Å². The Morgan fingerprint density at radius 2 is 1.85 bits per heavy atom. The summed E-state index contributed by atoms with van der Waals surface area (Å²) in [5.74, 6) is -0.914. The minimum atomic E-state index is -4.76. The zero-order valence-corrected chi connectivity index (χ0v) is 11.1. The number of hydrogen-bond donors (Lipinski definition) is 0. The van der Waals surface area contributed by atoms with Gasteiger partial charge in [0.15, 0.2) is 0 Å². The van der Waals surface area contributed by atoms with Crippen LogP contribution in [-0.4, -0.2) is 9.97 Å². The Morgan fingerprint density at radius 3 is 2.45 bits per heavy atom. The van der Waals surface area contributed by atoms with Crippen molar-refractivity contribution in [1.82, 2.24) is 9.97 Å². The summed E-state index contributed by atoms with van der Waals surface area (Å²) in [4.78, 5) is 8.01. The third kappa shape index (κ3) is 3.07. The van der Waals surface area contributed by atoms with Gasteiger partial charge in [0.05, 0.1) is 11.3 Å². The third-order valence-corrected chi connectivity index (χ3v) is 2.82. The van der Waals surface area contributed by atoms with Crippen LogP contribution in [0.2, 0.25) is 5.15 Å². The number of halogens is 5. The van der Waals surface area contributed by atoms with Crippen LogP contribution in [-0.2, 0) is 12.6 Å². The van der Waals surface area contributed by atoms with Crippen molar-refractivity contribution in [3.05, 3.63) is 46.6 Å². The fourth-order valence-corrected chi connectivity index (χ4v) is 1.87. The molecule has 0 aliphatic rings. The highest BCUT2D eigenvalue weighted by atomic mass is 35.5. The number of alkyl halides is 3. The zero-order chi connectivity index (χ0) is 14.9. The molecule has 0 saturated heterocycles. The predicted octanol–water partition coefficient (Wildman–Crippen LogP) is 4.52. The minimum Gasteiger partial charge on any atom is -0.233 e. The molecule has 0 N–H and O–H groups in total. The lowest BCUT2D eigenvalue weighted by atomic mass is 10.1. The van der Waals surface area contributed by atoms with E-state index >= 15 is 0 Å². The van der Waals surface area contributed by atoms with E-state index in [1.165, 1.54) is 12.1 Å². The first-order valence-electron chi connectivity index (χ1n) is 5.72. The van der Waals surface area contributed by atoms with Gasteiger partial charge in [-0.1, -0.05) is 18.5 Å². The summed E-state index contributed by atoms with van der Waals surface area (Å²) in [6, 6.07) is 4.05. The molecule has 0 radical (unpaired) electrons. The summed E-state index contributed by atoms with van der Waals surface area (Å²) in [5, 5.41) is 0.129. The zero-order valence-electron chi connectivity index (χ0n) is 10.3. The van der Waals surface area contributed by atoms with E-state index in [-0.39, 0.29) is 16.4 Å². The number of rotatable bonds is 2. The predicted molar refractivity (Wildman–Crippen MR) is 66.8 cm³/mol. The molecule has 2 rings (SSSR count). The van der Waals surface area contributed by atoms with Crippen LogP contribution >= 0.6 is 11.6 Å². The van der Waals surface area contributed by atoms with E-state index in [1.807, 2.05) is 0 Å². The molecular weight excluding hydrogens is 296 g/mol. The van der Waals surface area contributed by atoms with Gasteiger partial charge in [-0.2, -0.15) is 13.2 Å². The summed E-state index contributed by atoms with van der Waals surface area (Å²) in [7, 11) is 0. The van der Waals surface area contributed by atoms with E-state index in [2.05, 4.69) is 9.97 Å². The van der Waals surface area contributed by atoms with Crippen molar-refractivity contribution in [3.8, 4) is 11.3 Å². The number of nitrogens with zero attached hydrogens (tertiary/aromatic N) is 2. The Labute approximate surface area is 117 Å². The average molecular weight is 305 g/mol. The summed E-state index contributed by atoms with van der Waals surface area (Å²) in [6.07, 6.45) is -4.27. The second-order valence-corrected chi connectivity index (χ2v) is 4.43. The van der Waals surface area contributed by atoms with Crippen LogP contribution in [0, 0.1) is 5.82 Å². The fraction of sp³-hybridized carbons (Fsp3) is 0.231. The van der Waals surface area contributed by atoms with Crippen molar-refractivity contribution >= 4 is 11.6 Å². The summed E-state index contributed by atoms with van der Waals surface area (Å²) in [5.41, 5.74) is -0.965. The summed E-state index contributed by atoms with van der Waals surface area (Å²) < 4.78 is 51.2. The molecule has 0 aliphatic carbocycles. The van der Waals surface area contributed by atoms with Gasteiger partial charge in [0.2, 0.25) is 0 Å². The standard InChI is InChI=1S/C13H9ClF4N2/c1-2-12-19-10(6-11(14)20-12)7-3-4-9(15)8(5-7)13(16,17)18/h3-6H,2H2,1H3. The van der Waals surface area contributed by atoms with E-state index in [0.717, 1.165) is 6.07 Å². The van der Waals surface area contributed by atoms with Gasteiger partial charge in [0.1, 0.15) is 16.8 Å². The third-order valence-electron chi connectivity index (χ3n) is 2.62. The van der Waals surface area contributed by atoms with Gasteiger partial charge in [0.25, 0.3) is 0 Å². The highest BCUT2D eigenvalue weighted by Crippen LogP contribution is 2.34. The van der Waals surface area contributed by atoms with Crippen LogP contribution in [0.1, 0.15) is 18.3 Å². The Kier molecular flexibility index (Phi) is 3.94.